The van der Waals surface area contributed by atoms with Gasteiger partial charge in [0.1, 0.15) is 12.8 Å². The average Bonchev–Trinajstić information content (AvgIpc) is 3.20. The van der Waals surface area contributed by atoms with Gasteiger partial charge in [-0.25, -0.2) is 4.98 Å². The van der Waals surface area contributed by atoms with Crippen molar-refractivity contribution in [2.45, 2.75) is 38.9 Å². The molecule has 8 nitrogen and oxygen atoms in total. The third kappa shape index (κ3) is 3.03. The van der Waals surface area contributed by atoms with Crippen LogP contribution in [0.2, 0.25) is 0 Å². The van der Waals surface area contributed by atoms with Gasteiger partial charge in [-0.3, -0.25) is 14.5 Å². The number of nitrogens with zero attached hydrogens (tertiary/aromatic N) is 4. The van der Waals surface area contributed by atoms with Crippen molar-refractivity contribution in [2.24, 2.45) is 0 Å². The molecule has 2 atom stereocenters. The molecule has 4 aliphatic rings. The summed E-state index contributed by atoms with van der Waals surface area (Å²) >= 11 is 0. The number of likely N-dealkylation sites (tertiary alicyclic amines) is 1. The van der Waals surface area contributed by atoms with Crippen molar-refractivity contribution in [3.05, 3.63) is 53.6 Å². The van der Waals surface area contributed by atoms with Gasteiger partial charge in [-0.1, -0.05) is 0 Å². The number of nitrogens with one attached hydrogen (secondary N) is 1. The summed E-state index contributed by atoms with van der Waals surface area (Å²) in [4.78, 5) is 35.5. The standard InChI is InChI=1S/C22H25N5O3/c1-14-12-23-19-11-17(5-7-27(19)21(14)28)26-8-9-30-18-10-16(13-24-20(18)26)22(29)25-6-3-4-15(25)2/h5,7,10-13,15,19,23H,3-4,6,8-9H2,1-2H3/t15-,19?/m0/s1. The Kier molecular flexibility index (Phi) is 4.49. The molecule has 1 aromatic rings. The topological polar surface area (TPSA) is 78.0 Å². The Morgan fingerprint density at radius 3 is 3.00 bits per heavy atom. The van der Waals surface area contributed by atoms with E-state index in [4.69, 9.17) is 4.74 Å². The molecule has 4 aliphatic heterocycles. The summed E-state index contributed by atoms with van der Waals surface area (Å²) < 4.78 is 5.85. The monoisotopic (exact) mass is 407 g/mol. The van der Waals surface area contributed by atoms with Gasteiger partial charge in [0.05, 0.1) is 12.1 Å². The van der Waals surface area contributed by atoms with E-state index in [2.05, 4.69) is 22.1 Å². The Hall–Kier alpha value is -3.29. The summed E-state index contributed by atoms with van der Waals surface area (Å²) in [6, 6.07) is 2.06. The molecule has 0 aliphatic carbocycles. The molecule has 156 valence electrons. The summed E-state index contributed by atoms with van der Waals surface area (Å²) in [7, 11) is 0. The minimum atomic E-state index is -0.231. The van der Waals surface area contributed by atoms with E-state index in [-0.39, 0.29) is 24.0 Å². The molecule has 5 rings (SSSR count). The van der Waals surface area contributed by atoms with Crippen LogP contribution in [-0.2, 0) is 4.79 Å². The van der Waals surface area contributed by atoms with Gasteiger partial charge in [0.25, 0.3) is 11.8 Å². The van der Waals surface area contributed by atoms with Crippen molar-refractivity contribution in [1.29, 1.82) is 0 Å². The van der Waals surface area contributed by atoms with E-state index in [1.165, 1.54) is 0 Å². The molecule has 0 radical (unpaired) electrons. The van der Waals surface area contributed by atoms with Crippen molar-refractivity contribution < 1.29 is 14.3 Å². The van der Waals surface area contributed by atoms with E-state index in [1.54, 1.807) is 36.5 Å². The number of hydrogen-bond acceptors (Lipinski definition) is 6. The highest BCUT2D eigenvalue weighted by Crippen LogP contribution is 2.34. The SMILES string of the molecule is CC1=CNC2C=C(N3CCOc4cc(C(=O)N5CCC[C@@H]5C)cnc43)C=CN2C1=O. The van der Waals surface area contributed by atoms with Crippen LogP contribution in [0.1, 0.15) is 37.0 Å². The number of fused-ring (bicyclic) bond motifs is 2. The van der Waals surface area contributed by atoms with Crippen molar-refractivity contribution >= 4 is 17.6 Å². The largest absolute Gasteiger partial charge is 0.488 e. The highest BCUT2D eigenvalue weighted by atomic mass is 16.5. The van der Waals surface area contributed by atoms with Crippen LogP contribution in [0, 0.1) is 0 Å². The predicted octanol–water partition coefficient (Wildman–Crippen LogP) is 1.98. The Morgan fingerprint density at radius 1 is 1.33 bits per heavy atom. The molecule has 5 heterocycles. The third-order valence-electron chi connectivity index (χ3n) is 6.11. The fourth-order valence-corrected chi connectivity index (χ4v) is 4.39. The lowest BCUT2D eigenvalue weighted by molar-refractivity contribution is -0.126. The average molecular weight is 407 g/mol. The van der Waals surface area contributed by atoms with Crippen LogP contribution < -0.4 is 15.0 Å². The second-order valence-electron chi connectivity index (χ2n) is 8.09. The summed E-state index contributed by atoms with van der Waals surface area (Å²) in [5.74, 6) is 1.30. The Balaban J connectivity index is 1.41. The predicted molar refractivity (Wildman–Crippen MR) is 112 cm³/mol. The minimum absolute atomic E-state index is 0.00917. The molecule has 1 fully saturated rings. The van der Waals surface area contributed by atoms with Crippen LogP contribution in [0.4, 0.5) is 5.82 Å². The zero-order valence-corrected chi connectivity index (χ0v) is 17.2. The zero-order valence-electron chi connectivity index (χ0n) is 17.2. The molecular formula is C22H25N5O3. The molecule has 0 saturated carbocycles. The van der Waals surface area contributed by atoms with Gasteiger partial charge in [-0.15, -0.1) is 0 Å². The fraction of sp³-hybridized carbons (Fsp3) is 0.409. The maximum Gasteiger partial charge on any atom is 0.256 e. The molecule has 8 heteroatoms. The highest BCUT2D eigenvalue weighted by molar-refractivity contribution is 5.96. The molecule has 1 unspecified atom stereocenters. The van der Waals surface area contributed by atoms with Crippen LogP contribution in [0.5, 0.6) is 5.75 Å². The quantitative estimate of drug-likeness (QED) is 0.808. The molecule has 1 aromatic heterocycles. The summed E-state index contributed by atoms with van der Waals surface area (Å²) in [6.45, 7) is 5.81. The van der Waals surface area contributed by atoms with Crippen molar-refractivity contribution in [3.8, 4) is 5.75 Å². The third-order valence-corrected chi connectivity index (χ3v) is 6.11. The Morgan fingerprint density at radius 2 is 2.20 bits per heavy atom. The van der Waals surface area contributed by atoms with Gasteiger partial charge >= 0.3 is 0 Å². The summed E-state index contributed by atoms with van der Waals surface area (Å²) in [6.07, 6.45) is 11.0. The number of carbonyl (C=O) groups excluding carboxylic acids is 2. The lowest BCUT2D eigenvalue weighted by Crippen LogP contribution is -2.49. The number of anilines is 1. The zero-order chi connectivity index (χ0) is 20.8. The second-order valence-corrected chi connectivity index (χ2v) is 8.09. The molecule has 1 N–H and O–H groups in total. The second kappa shape index (κ2) is 7.19. The number of rotatable bonds is 2. The molecule has 0 spiro atoms. The van der Waals surface area contributed by atoms with E-state index >= 15 is 0 Å². The van der Waals surface area contributed by atoms with E-state index in [0.717, 1.165) is 25.1 Å². The first kappa shape index (κ1) is 18.7. The normalized spacial score (nSPS) is 25.1. The van der Waals surface area contributed by atoms with Gasteiger partial charge < -0.3 is 19.9 Å². The first-order valence-electron chi connectivity index (χ1n) is 10.4. The van der Waals surface area contributed by atoms with E-state index < -0.39 is 0 Å². The van der Waals surface area contributed by atoms with Crippen molar-refractivity contribution in [3.63, 3.8) is 0 Å². The van der Waals surface area contributed by atoms with Crippen molar-refractivity contribution in [2.75, 3.05) is 24.6 Å². The van der Waals surface area contributed by atoms with Gasteiger partial charge in [0.15, 0.2) is 11.6 Å². The Labute approximate surface area is 175 Å². The minimum Gasteiger partial charge on any atom is -0.488 e. The maximum absolute atomic E-state index is 12.9. The number of hydrogen-bond donors (Lipinski definition) is 1. The maximum atomic E-state index is 12.9. The summed E-state index contributed by atoms with van der Waals surface area (Å²) in [5.41, 5.74) is 2.17. The lowest BCUT2D eigenvalue weighted by Gasteiger charge is -2.37. The summed E-state index contributed by atoms with van der Waals surface area (Å²) in [5, 5.41) is 3.24. The molecule has 1 saturated heterocycles. The lowest BCUT2D eigenvalue weighted by atomic mass is 10.1. The van der Waals surface area contributed by atoms with Crippen LogP contribution in [0.3, 0.4) is 0 Å². The smallest absolute Gasteiger partial charge is 0.256 e. The fourth-order valence-electron chi connectivity index (χ4n) is 4.39. The highest BCUT2D eigenvalue weighted by Gasteiger charge is 2.32. The van der Waals surface area contributed by atoms with E-state index in [1.807, 2.05) is 17.1 Å². The first-order valence-corrected chi connectivity index (χ1v) is 10.4. The molecule has 2 amide bonds. The number of aromatic nitrogens is 1. The van der Waals surface area contributed by atoms with Gasteiger partial charge in [0, 0.05) is 42.5 Å². The number of allylic oxidation sites excluding steroid dienone is 1. The Bertz CT molecular complexity index is 998. The van der Waals surface area contributed by atoms with Crippen LogP contribution in [0.15, 0.2) is 48.1 Å². The van der Waals surface area contributed by atoms with Crippen LogP contribution >= 0.6 is 0 Å². The van der Waals surface area contributed by atoms with Crippen LogP contribution in [0.25, 0.3) is 0 Å². The molecule has 0 aromatic carbocycles. The number of amides is 2. The number of pyridine rings is 1. The first-order chi connectivity index (χ1) is 14.5. The molecular weight excluding hydrogens is 382 g/mol. The van der Waals surface area contributed by atoms with Gasteiger partial charge in [0.2, 0.25) is 0 Å². The van der Waals surface area contributed by atoms with E-state index in [0.29, 0.717) is 35.9 Å². The number of ether oxygens (including phenoxy) is 1. The van der Waals surface area contributed by atoms with Gasteiger partial charge in [-0.2, -0.15) is 0 Å². The van der Waals surface area contributed by atoms with Crippen LogP contribution in [-0.4, -0.2) is 58.5 Å². The molecule has 0 bridgehead atoms. The van der Waals surface area contributed by atoms with Gasteiger partial charge in [-0.05, 0) is 44.9 Å². The molecule has 30 heavy (non-hydrogen) atoms. The van der Waals surface area contributed by atoms with Crippen molar-refractivity contribution in [1.82, 2.24) is 20.1 Å². The van der Waals surface area contributed by atoms with E-state index in [9.17, 15) is 9.59 Å². The number of carbonyl (C=O) groups is 2.